The molecule has 1 aliphatic heterocycles. The van der Waals surface area contributed by atoms with E-state index in [1.807, 2.05) is 0 Å². The highest BCUT2D eigenvalue weighted by Crippen LogP contribution is 2.17. The quantitative estimate of drug-likeness (QED) is 0.701. The Morgan fingerprint density at radius 2 is 1.43 bits per heavy atom. The highest BCUT2D eigenvalue weighted by molar-refractivity contribution is 5.83. The van der Waals surface area contributed by atoms with E-state index in [0.29, 0.717) is 24.8 Å². The lowest BCUT2D eigenvalue weighted by molar-refractivity contribution is -0.127. The van der Waals surface area contributed by atoms with Gasteiger partial charge in [0.1, 0.15) is 0 Å². The molecule has 0 spiro atoms. The third-order valence-electron chi connectivity index (χ3n) is 5.10. The first-order valence-corrected chi connectivity index (χ1v) is 9.51. The van der Waals surface area contributed by atoms with Gasteiger partial charge in [-0.3, -0.25) is 9.59 Å². The van der Waals surface area contributed by atoms with E-state index >= 15 is 0 Å². The fraction of sp³-hybridized carbons (Fsp3) is 0.889. The summed E-state index contributed by atoms with van der Waals surface area (Å²) in [7, 11) is 0. The number of amides is 2. The van der Waals surface area contributed by atoms with Crippen LogP contribution in [0.1, 0.15) is 70.6 Å². The van der Waals surface area contributed by atoms with E-state index in [9.17, 15) is 9.59 Å². The molecule has 2 rings (SSSR count). The second kappa shape index (κ2) is 10.6. The molecule has 2 amide bonds. The van der Waals surface area contributed by atoms with Crippen molar-refractivity contribution in [1.29, 1.82) is 0 Å². The third-order valence-corrected chi connectivity index (χ3v) is 5.10. The van der Waals surface area contributed by atoms with Crippen molar-refractivity contribution in [3.05, 3.63) is 0 Å². The lowest BCUT2D eigenvalue weighted by atomic mass is 9.96. The molecular weight excluding hydrogens is 290 g/mol. The minimum atomic E-state index is 0.0105. The number of rotatable bonds is 6. The summed E-state index contributed by atoms with van der Waals surface area (Å²) in [5, 5.41) is 9.43. The number of hydrogen-bond acceptors (Lipinski definition) is 3. The van der Waals surface area contributed by atoms with Crippen LogP contribution in [-0.4, -0.2) is 37.5 Å². The molecule has 5 nitrogen and oxygen atoms in total. The molecule has 132 valence electrons. The molecule has 1 heterocycles. The van der Waals surface area contributed by atoms with Crippen LogP contribution in [0.4, 0.5) is 0 Å². The maximum Gasteiger partial charge on any atom is 0.220 e. The highest BCUT2D eigenvalue weighted by atomic mass is 16.2. The van der Waals surface area contributed by atoms with Crippen molar-refractivity contribution in [3.8, 4) is 0 Å². The number of carbonyl (C=O) groups excluding carboxylic acids is 2. The van der Waals surface area contributed by atoms with Crippen LogP contribution in [0.15, 0.2) is 0 Å². The topological polar surface area (TPSA) is 70.2 Å². The van der Waals surface area contributed by atoms with Crippen molar-refractivity contribution in [3.63, 3.8) is 0 Å². The van der Waals surface area contributed by atoms with Crippen LogP contribution in [0.3, 0.4) is 0 Å². The molecule has 23 heavy (non-hydrogen) atoms. The van der Waals surface area contributed by atoms with Gasteiger partial charge in [0.25, 0.3) is 0 Å². The standard InChI is InChI=1S/C18H33N3O2/c22-17(20-14-15-10-12-19-13-11-15)8-9-18(23)21-16-6-4-2-1-3-5-7-16/h15-16,19H,1-14H2,(H,20,22)(H,21,23). The van der Waals surface area contributed by atoms with Gasteiger partial charge in [0, 0.05) is 25.4 Å². The van der Waals surface area contributed by atoms with Crippen LogP contribution in [0.5, 0.6) is 0 Å². The SMILES string of the molecule is O=C(CCC(=O)NC1CCCCCCC1)NCC1CCNCC1. The fourth-order valence-electron chi connectivity index (χ4n) is 3.56. The van der Waals surface area contributed by atoms with E-state index in [1.54, 1.807) is 0 Å². The first-order valence-electron chi connectivity index (χ1n) is 9.51. The van der Waals surface area contributed by atoms with Crippen LogP contribution in [0, 0.1) is 5.92 Å². The summed E-state index contributed by atoms with van der Waals surface area (Å²) in [6.07, 6.45) is 11.4. The first kappa shape index (κ1) is 18.2. The average Bonchev–Trinajstić information content (AvgIpc) is 2.54. The number of carbonyl (C=O) groups is 2. The maximum atomic E-state index is 12.0. The van der Waals surface area contributed by atoms with Gasteiger partial charge in [0.2, 0.25) is 11.8 Å². The summed E-state index contributed by atoms with van der Waals surface area (Å²) in [5.74, 6) is 0.632. The summed E-state index contributed by atoms with van der Waals surface area (Å²) in [5.41, 5.74) is 0. The number of hydrogen-bond donors (Lipinski definition) is 3. The molecule has 0 aromatic heterocycles. The molecule has 0 aromatic carbocycles. The van der Waals surface area contributed by atoms with Gasteiger partial charge in [-0.1, -0.05) is 32.1 Å². The first-order chi connectivity index (χ1) is 11.2. The maximum absolute atomic E-state index is 12.0. The van der Waals surface area contributed by atoms with Crippen molar-refractivity contribution in [2.45, 2.75) is 76.7 Å². The van der Waals surface area contributed by atoms with Crippen LogP contribution in [0.2, 0.25) is 0 Å². The Morgan fingerprint density at radius 1 is 0.826 bits per heavy atom. The Kier molecular flexibility index (Phi) is 8.43. The van der Waals surface area contributed by atoms with Crippen molar-refractivity contribution < 1.29 is 9.59 Å². The smallest absolute Gasteiger partial charge is 0.220 e. The van der Waals surface area contributed by atoms with Gasteiger partial charge in [-0.15, -0.1) is 0 Å². The Bertz CT molecular complexity index is 359. The predicted molar refractivity (Wildman–Crippen MR) is 92.1 cm³/mol. The van der Waals surface area contributed by atoms with E-state index < -0.39 is 0 Å². The molecule has 1 saturated heterocycles. The summed E-state index contributed by atoms with van der Waals surface area (Å²) >= 11 is 0. The fourth-order valence-corrected chi connectivity index (χ4v) is 3.56. The molecule has 0 atom stereocenters. The van der Waals surface area contributed by atoms with E-state index in [0.717, 1.165) is 45.3 Å². The molecule has 0 unspecified atom stereocenters. The molecule has 3 N–H and O–H groups in total. The lowest BCUT2D eigenvalue weighted by Gasteiger charge is -2.23. The number of nitrogens with one attached hydrogen (secondary N) is 3. The molecule has 0 bridgehead atoms. The van der Waals surface area contributed by atoms with Gasteiger partial charge >= 0.3 is 0 Å². The van der Waals surface area contributed by atoms with Gasteiger partial charge in [0.05, 0.1) is 0 Å². The summed E-state index contributed by atoms with van der Waals surface area (Å²) in [4.78, 5) is 23.9. The Balaban J connectivity index is 1.56. The van der Waals surface area contributed by atoms with E-state index in [2.05, 4.69) is 16.0 Å². The van der Waals surface area contributed by atoms with Crippen LogP contribution in [0.25, 0.3) is 0 Å². The zero-order valence-electron chi connectivity index (χ0n) is 14.4. The Hall–Kier alpha value is -1.10. The molecule has 2 aliphatic rings. The Morgan fingerprint density at radius 3 is 2.13 bits per heavy atom. The van der Waals surface area contributed by atoms with E-state index in [4.69, 9.17) is 0 Å². The zero-order valence-corrected chi connectivity index (χ0v) is 14.4. The van der Waals surface area contributed by atoms with E-state index in [1.165, 1.54) is 32.1 Å². The zero-order chi connectivity index (χ0) is 16.3. The van der Waals surface area contributed by atoms with Gasteiger partial charge in [0.15, 0.2) is 0 Å². The number of piperidine rings is 1. The van der Waals surface area contributed by atoms with Crippen molar-refractivity contribution in [2.75, 3.05) is 19.6 Å². The van der Waals surface area contributed by atoms with Crippen molar-refractivity contribution in [1.82, 2.24) is 16.0 Å². The minimum Gasteiger partial charge on any atom is -0.356 e. The van der Waals surface area contributed by atoms with Gasteiger partial charge in [-0.25, -0.2) is 0 Å². The molecule has 5 heteroatoms. The van der Waals surface area contributed by atoms with Gasteiger partial charge in [-0.2, -0.15) is 0 Å². The van der Waals surface area contributed by atoms with Crippen molar-refractivity contribution in [2.24, 2.45) is 5.92 Å². The molecular formula is C18H33N3O2. The van der Waals surface area contributed by atoms with Crippen LogP contribution < -0.4 is 16.0 Å². The van der Waals surface area contributed by atoms with Crippen LogP contribution >= 0.6 is 0 Å². The molecule has 2 fully saturated rings. The monoisotopic (exact) mass is 323 g/mol. The molecule has 1 saturated carbocycles. The Labute approximate surface area is 140 Å². The molecule has 1 aliphatic carbocycles. The second-order valence-electron chi connectivity index (χ2n) is 7.11. The molecule has 0 radical (unpaired) electrons. The lowest BCUT2D eigenvalue weighted by Crippen LogP contribution is -2.37. The summed E-state index contributed by atoms with van der Waals surface area (Å²) in [6, 6.07) is 0.320. The summed E-state index contributed by atoms with van der Waals surface area (Å²) < 4.78 is 0. The predicted octanol–water partition coefficient (Wildman–Crippen LogP) is 2.11. The summed E-state index contributed by atoms with van der Waals surface area (Å²) in [6.45, 7) is 2.85. The van der Waals surface area contributed by atoms with Gasteiger partial charge < -0.3 is 16.0 Å². The molecule has 0 aromatic rings. The minimum absolute atomic E-state index is 0.0105. The largest absolute Gasteiger partial charge is 0.356 e. The van der Waals surface area contributed by atoms with Gasteiger partial charge in [-0.05, 0) is 44.7 Å². The highest BCUT2D eigenvalue weighted by Gasteiger charge is 2.16. The van der Waals surface area contributed by atoms with Crippen LogP contribution in [-0.2, 0) is 9.59 Å². The normalized spacial score (nSPS) is 21.2. The average molecular weight is 323 g/mol. The van der Waals surface area contributed by atoms with E-state index in [-0.39, 0.29) is 11.8 Å². The van der Waals surface area contributed by atoms with Crippen molar-refractivity contribution >= 4 is 11.8 Å². The third kappa shape index (κ3) is 7.82. The second-order valence-corrected chi connectivity index (χ2v) is 7.11.